The van der Waals surface area contributed by atoms with E-state index in [0.29, 0.717) is 6.04 Å². The summed E-state index contributed by atoms with van der Waals surface area (Å²) in [5.74, 6) is 0.730. The van der Waals surface area contributed by atoms with Gasteiger partial charge >= 0.3 is 0 Å². The summed E-state index contributed by atoms with van der Waals surface area (Å²) in [6, 6.07) is 0.696. The third kappa shape index (κ3) is 2.06. The minimum atomic E-state index is 0.696. The molecule has 1 rings (SSSR count). The molecule has 0 radical (unpaired) electrons. The van der Waals surface area contributed by atoms with Gasteiger partial charge in [-0.1, -0.05) is 25.0 Å². The molecule has 0 heterocycles. The topological polar surface area (TPSA) is 12.0 Å². The Labute approximate surface area is 69.9 Å². The molecule has 2 unspecified atom stereocenters. The zero-order valence-corrected chi connectivity index (χ0v) is 7.69. The molecule has 0 amide bonds. The van der Waals surface area contributed by atoms with Crippen LogP contribution in [0.5, 0.6) is 0 Å². The van der Waals surface area contributed by atoms with Crippen molar-refractivity contribution in [1.29, 1.82) is 0 Å². The molecular formula is C10H19N. The van der Waals surface area contributed by atoms with Gasteiger partial charge in [-0.15, -0.1) is 0 Å². The van der Waals surface area contributed by atoms with Crippen LogP contribution >= 0.6 is 0 Å². The highest BCUT2D eigenvalue weighted by atomic mass is 14.9. The summed E-state index contributed by atoms with van der Waals surface area (Å²) >= 11 is 0. The van der Waals surface area contributed by atoms with Crippen LogP contribution in [0.15, 0.2) is 12.2 Å². The molecule has 0 saturated heterocycles. The minimum Gasteiger partial charge on any atom is -0.316 e. The molecule has 64 valence electrons. The molecule has 1 nitrogen and oxygen atoms in total. The van der Waals surface area contributed by atoms with Crippen molar-refractivity contribution in [2.75, 3.05) is 7.05 Å². The summed E-state index contributed by atoms with van der Waals surface area (Å²) in [5.41, 5.74) is 1.35. The monoisotopic (exact) mass is 153 g/mol. The van der Waals surface area contributed by atoms with E-state index in [9.17, 15) is 0 Å². The number of hydrogen-bond acceptors (Lipinski definition) is 1. The van der Waals surface area contributed by atoms with Gasteiger partial charge in [0.1, 0.15) is 0 Å². The average Bonchev–Trinajstić information content (AvgIpc) is 2.04. The van der Waals surface area contributed by atoms with Crippen LogP contribution in [0.3, 0.4) is 0 Å². The zero-order chi connectivity index (χ0) is 8.27. The van der Waals surface area contributed by atoms with Gasteiger partial charge in [0.15, 0.2) is 0 Å². The molecule has 1 aliphatic rings. The fourth-order valence-corrected chi connectivity index (χ4v) is 2.07. The SMILES string of the molecule is C=C(C)C1CCCCC1NC. The molecule has 2 atom stereocenters. The lowest BCUT2D eigenvalue weighted by Gasteiger charge is -2.31. The Balaban J connectivity index is 2.51. The summed E-state index contributed by atoms with van der Waals surface area (Å²) in [6.45, 7) is 6.19. The van der Waals surface area contributed by atoms with Crippen LogP contribution in [0.4, 0.5) is 0 Å². The van der Waals surface area contributed by atoms with Crippen molar-refractivity contribution in [3.05, 3.63) is 12.2 Å². The van der Waals surface area contributed by atoms with Gasteiger partial charge in [0.25, 0.3) is 0 Å². The molecule has 0 bridgehead atoms. The normalized spacial score (nSPS) is 31.8. The smallest absolute Gasteiger partial charge is 0.0129 e. The van der Waals surface area contributed by atoms with E-state index < -0.39 is 0 Å². The van der Waals surface area contributed by atoms with Crippen LogP contribution < -0.4 is 5.32 Å². The summed E-state index contributed by atoms with van der Waals surface area (Å²) < 4.78 is 0. The Morgan fingerprint density at radius 3 is 2.45 bits per heavy atom. The standard InChI is InChI=1S/C10H19N/c1-8(2)9-6-4-5-7-10(9)11-3/h9-11H,1,4-7H2,2-3H3. The first-order valence-electron chi connectivity index (χ1n) is 4.58. The van der Waals surface area contributed by atoms with E-state index >= 15 is 0 Å². The third-order valence-electron chi connectivity index (χ3n) is 2.77. The number of hydrogen-bond donors (Lipinski definition) is 1. The molecule has 1 aliphatic carbocycles. The molecule has 1 fully saturated rings. The fourth-order valence-electron chi connectivity index (χ4n) is 2.07. The Bertz CT molecular complexity index is 140. The first-order chi connectivity index (χ1) is 5.25. The van der Waals surface area contributed by atoms with Gasteiger partial charge in [0.05, 0.1) is 0 Å². The lowest BCUT2D eigenvalue weighted by atomic mass is 9.81. The Morgan fingerprint density at radius 2 is 2.00 bits per heavy atom. The van der Waals surface area contributed by atoms with Gasteiger partial charge in [-0.2, -0.15) is 0 Å². The maximum atomic E-state index is 4.04. The molecule has 0 aromatic heterocycles. The third-order valence-corrected chi connectivity index (χ3v) is 2.77. The maximum Gasteiger partial charge on any atom is 0.0129 e. The Morgan fingerprint density at radius 1 is 1.36 bits per heavy atom. The summed E-state index contributed by atoms with van der Waals surface area (Å²) in [7, 11) is 2.06. The highest BCUT2D eigenvalue weighted by molar-refractivity contribution is 5.02. The fraction of sp³-hybridized carbons (Fsp3) is 0.800. The minimum absolute atomic E-state index is 0.696. The molecule has 11 heavy (non-hydrogen) atoms. The second-order valence-corrected chi connectivity index (χ2v) is 3.63. The number of nitrogens with one attached hydrogen (secondary N) is 1. The van der Waals surface area contributed by atoms with Crippen molar-refractivity contribution in [3.63, 3.8) is 0 Å². The van der Waals surface area contributed by atoms with Gasteiger partial charge in [-0.05, 0) is 32.7 Å². The van der Waals surface area contributed by atoms with Crippen molar-refractivity contribution in [2.24, 2.45) is 5.92 Å². The van der Waals surface area contributed by atoms with E-state index in [1.807, 2.05) is 0 Å². The molecule has 0 spiro atoms. The van der Waals surface area contributed by atoms with E-state index in [2.05, 4.69) is 25.9 Å². The van der Waals surface area contributed by atoms with Crippen LogP contribution in [0.25, 0.3) is 0 Å². The lowest BCUT2D eigenvalue weighted by Crippen LogP contribution is -2.36. The van der Waals surface area contributed by atoms with Crippen molar-refractivity contribution < 1.29 is 0 Å². The second-order valence-electron chi connectivity index (χ2n) is 3.63. The first kappa shape index (κ1) is 8.79. The first-order valence-corrected chi connectivity index (χ1v) is 4.58. The molecule has 1 N–H and O–H groups in total. The summed E-state index contributed by atoms with van der Waals surface area (Å²) in [6.07, 6.45) is 5.43. The molecule has 0 aromatic carbocycles. The maximum absolute atomic E-state index is 4.04. The van der Waals surface area contributed by atoms with Gasteiger partial charge in [-0.3, -0.25) is 0 Å². The van der Waals surface area contributed by atoms with E-state index in [0.717, 1.165) is 5.92 Å². The van der Waals surface area contributed by atoms with Crippen molar-refractivity contribution in [2.45, 2.75) is 38.6 Å². The average molecular weight is 153 g/mol. The molecular weight excluding hydrogens is 134 g/mol. The van der Waals surface area contributed by atoms with Crippen LogP contribution in [0.2, 0.25) is 0 Å². The van der Waals surface area contributed by atoms with E-state index in [1.54, 1.807) is 0 Å². The van der Waals surface area contributed by atoms with E-state index in [1.165, 1.54) is 31.3 Å². The van der Waals surface area contributed by atoms with Crippen molar-refractivity contribution >= 4 is 0 Å². The lowest BCUT2D eigenvalue weighted by molar-refractivity contribution is 0.310. The van der Waals surface area contributed by atoms with Crippen LogP contribution in [-0.2, 0) is 0 Å². The second kappa shape index (κ2) is 3.91. The molecule has 0 aliphatic heterocycles. The van der Waals surface area contributed by atoms with Crippen LogP contribution in [-0.4, -0.2) is 13.1 Å². The molecule has 1 heteroatoms. The van der Waals surface area contributed by atoms with Crippen LogP contribution in [0.1, 0.15) is 32.6 Å². The zero-order valence-electron chi connectivity index (χ0n) is 7.69. The number of rotatable bonds is 2. The van der Waals surface area contributed by atoms with Gasteiger partial charge in [0, 0.05) is 6.04 Å². The Hall–Kier alpha value is -0.300. The van der Waals surface area contributed by atoms with E-state index in [4.69, 9.17) is 0 Å². The predicted octanol–water partition coefficient (Wildman–Crippen LogP) is 2.34. The highest BCUT2D eigenvalue weighted by Gasteiger charge is 2.23. The van der Waals surface area contributed by atoms with Gasteiger partial charge < -0.3 is 5.32 Å². The van der Waals surface area contributed by atoms with Crippen molar-refractivity contribution in [1.82, 2.24) is 5.32 Å². The quantitative estimate of drug-likeness (QED) is 0.600. The molecule has 0 aromatic rings. The summed E-state index contributed by atoms with van der Waals surface area (Å²) in [4.78, 5) is 0. The molecule has 1 saturated carbocycles. The Kier molecular flexibility index (Phi) is 3.13. The largest absolute Gasteiger partial charge is 0.316 e. The summed E-state index contributed by atoms with van der Waals surface area (Å²) in [5, 5.41) is 3.37. The van der Waals surface area contributed by atoms with Gasteiger partial charge in [-0.25, -0.2) is 0 Å². The van der Waals surface area contributed by atoms with E-state index in [-0.39, 0.29) is 0 Å². The highest BCUT2D eigenvalue weighted by Crippen LogP contribution is 2.28. The van der Waals surface area contributed by atoms with Crippen LogP contribution in [0, 0.1) is 5.92 Å². The predicted molar refractivity (Wildman–Crippen MR) is 49.6 cm³/mol. The van der Waals surface area contributed by atoms with Crippen molar-refractivity contribution in [3.8, 4) is 0 Å². The van der Waals surface area contributed by atoms with Gasteiger partial charge in [0.2, 0.25) is 0 Å².